The first-order valence-corrected chi connectivity index (χ1v) is 6.50. The van der Waals surface area contributed by atoms with Gasteiger partial charge in [0.25, 0.3) is 0 Å². The van der Waals surface area contributed by atoms with Crippen LogP contribution in [0, 0.1) is 21.8 Å². The van der Waals surface area contributed by atoms with E-state index in [0.717, 1.165) is 6.07 Å². The normalized spacial score (nSPS) is 20.5. The monoisotopic (exact) mass is 306 g/mol. The highest BCUT2D eigenvalue weighted by atomic mass is 19.4. The van der Waals surface area contributed by atoms with Crippen LogP contribution in [0.5, 0.6) is 0 Å². The number of nitrogens with zero attached hydrogens (tertiary/aromatic N) is 2. The summed E-state index contributed by atoms with van der Waals surface area (Å²) in [7, 11) is 0. The second kappa shape index (κ2) is 5.97. The zero-order chi connectivity index (χ0) is 15.6. The first kappa shape index (κ1) is 15.7. The van der Waals surface area contributed by atoms with Crippen molar-refractivity contribution in [1.29, 1.82) is 0 Å². The van der Waals surface area contributed by atoms with Crippen molar-refractivity contribution in [3.05, 3.63) is 39.7 Å². The van der Waals surface area contributed by atoms with Crippen LogP contribution in [-0.2, 0) is 6.54 Å². The Hall–Kier alpha value is -1.70. The van der Waals surface area contributed by atoms with Crippen molar-refractivity contribution in [3.63, 3.8) is 0 Å². The Balaban J connectivity index is 2.12. The zero-order valence-corrected chi connectivity index (χ0v) is 11.1. The molecule has 1 aliphatic heterocycles. The molecule has 0 spiro atoms. The van der Waals surface area contributed by atoms with Crippen molar-refractivity contribution in [3.8, 4) is 0 Å². The van der Waals surface area contributed by atoms with Crippen LogP contribution in [0.1, 0.15) is 18.4 Å². The molecule has 0 amide bonds. The zero-order valence-electron chi connectivity index (χ0n) is 11.1. The number of nitro benzene ring substituents is 1. The minimum Gasteiger partial charge on any atom is -0.298 e. The van der Waals surface area contributed by atoms with Crippen LogP contribution in [0.25, 0.3) is 0 Å². The Labute approximate surface area is 118 Å². The number of hydrogen-bond acceptors (Lipinski definition) is 3. The van der Waals surface area contributed by atoms with Gasteiger partial charge in [-0.15, -0.1) is 0 Å². The summed E-state index contributed by atoms with van der Waals surface area (Å²) < 4.78 is 52.1. The van der Waals surface area contributed by atoms with Crippen LogP contribution < -0.4 is 0 Å². The van der Waals surface area contributed by atoms with E-state index in [-0.39, 0.29) is 25.1 Å². The van der Waals surface area contributed by atoms with E-state index >= 15 is 0 Å². The van der Waals surface area contributed by atoms with E-state index in [1.165, 1.54) is 17.0 Å². The van der Waals surface area contributed by atoms with Crippen molar-refractivity contribution >= 4 is 5.69 Å². The minimum atomic E-state index is -4.26. The van der Waals surface area contributed by atoms with E-state index in [9.17, 15) is 27.7 Å². The maximum absolute atomic E-state index is 13.9. The Bertz CT molecular complexity index is 533. The van der Waals surface area contributed by atoms with Gasteiger partial charge in [0.1, 0.15) is 0 Å². The van der Waals surface area contributed by atoms with Crippen molar-refractivity contribution < 1.29 is 22.5 Å². The molecule has 0 aromatic heterocycles. The molecule has 1 heterocycles. The lowest BCUT2D eigenvalue weighted by Crippen LogP contribution is -2.41. The van der Waals surface area contributed by atoms with E-state index in [0.29, 0.717) is 13.0 Å². The molecule has 2 rings (SSSR count). The molecule has 116 valence electrons. The highest BCUT2D eigenvalue weighted by Crippen LogP contribution is 2.34. The van der Waals surface area contributed by atoms with Crippen molar-refractivity contribution in [1.82, 2.24) is 4.90 Å². The quantitative estimate of drug-likeness (QED) is 0.488. The maximum atomic E-state index is 13.9. The molecule has 0 bridgehead atoms. The molecule has 8 heteroatoms. The van der Waals surface area contributed by atoms with Gasteiger partial charge in [0.05, 0.1) is 10.8 Å². The van der Waals surface area contributed by atoms with E-state index < -0.39 is 28.5 Å². The number of halogens is 4. The number of benzene rings is 1. The fourth-order valence-corrected chi connectivity index (χ4v) is 2.54. The standard InChI is InChI=1S/C13H14F4N2O2/c14-12-9(3-1-5-11(12)19(20)21)7-18-6-2-4-10(8-18)13(15,16)17/h1,3,5,10H,2,4,6-8H2. The van der Waals surface area contributed by atoms with Gasteiger partial charge in [0, 0.05) is 24.7 Å². The summed E-state index contributed by atoms with van der Waals surface area (Å²) in [6.07, 6.45) is -3.82. The van der Waals surface area contributed by atoms with Crippen LogP contribution in [-0.4, -0.2) is 29.1 Å². The van der Waals surface area contributed by atoms with Crippen LogP contribution in [0.3, 0.4) is 0 Å². The van der Waals surface area contributed by atoms with Gasteiger partial charge >= 0.3 is 11.9 Å². The van der Waals surface area contributed by atoms with E-state index in [4.69, 9.17) is 0 Å². The average Bonchev–Trinajstić information content (AvgIpc) is 2.40. The van der Waals surface area contributed by atoms with E-state index in [1.807, 2.05) is 0 Å². The van der Waals surface area contributed by atoms with Crippen molar-refractivity contribution in [2.75, 3.05) is 13.1 Å². The summed E-state index contributed by atoms with van der Waals surface area (Å²) in [5.41, 5.74) is -0.607. The molecule has 1 unspecified atom stereocenters. The van der Waals surface area contributed by atoms with E-state index in [1.54, 1.807) is 0 Å². The number of nitro groups is 1. The second-order valence-corrected chi connectivity index (χ2v) is 5.12. The molecule has 0 N–H and O–H groups in total. The predicted octanol–water partition coefficient (Wildman–Crippen LogP) is 3.51. The highest BCUT2D eigenvalue weighted by molar-refractivity contribution is 5.36. The molecule has 0 radical (unpaired) electrons. The molecule has 1 atom stereocenters. The Kier molecular flexibility index (Phi) is 4.46. The third-order valence-electron chi connectivity index (χ3n) is 3.62. The van der Waals surface area contributed by atoms with Gasteiger partial charge in [0.15, 0.2) is 0 Å². The molecular weight excluding hydrogens is 292 g/mol. The number of piperidine rings is 1. The van der Waals surface area contributed by atoms with Gasteiger partial charge in [-0.1, -0.05) is 12.1 Å². The van der Waals surface area contributed by atoms with Gasteiger partial charge in [0.2, 0.25) is 5.82 Å². The lowest BCUT2D eigenvalue weighted by atomic mass is 9.97. The first-order chi connectivity index (χ1) is 9.79. The van der Waals surface area contributed by atoms with Gasteiger partial charge < -0.3 is 0 Å². The third kappa shape index (κ3) is 3.69. The summed E-state index contributed by atoms with van der Waals surface area (Å²) in [5, 5.41) is 10.7. The topological polar surface area (TPSA) is 46.4 Å². The van der Waals surface area contributed by atoms with Gasteiger partial charge in [-0.3, -0.25) is 15.0 Å². The molecule has 0 saturated carbocycles. The number of likely N-dealkylation sites (tertiary alicyclic amines) is 1. The smallest absolute Gasteiger partial charge is 0.298 e. The molecule has 1 aliphatic rings. The fraction of sp³-hybridized carbons (Fsp3) is 0.538. The van der Waals surface area contributed by atoms with Crippen LogP contribution in [0.4, 0.5) is 23.2 Å². The average molecular weight is 306 g/mol. The van der Waals surface area contributed by atoms with Crippen molar-refractivity contribution in [2.45, 2.75) is 25.6 Å². The van der Waals surface area contributed by atoms with Gasteiger partial charge in [-0.2, -0.15) is 17.6 Å². The van der Waals surface area contributed by atoms with Crippen molar-refractivity contribution in [2.24, 2.45) is 5.92 Å². The minimum absolute atomic E-state index is 0.0482. The molecule has 0 aliphatic carbocycles. The Morgan fingerprint density at radius 3 is 2.71 bits per heavy atom. The molecule has 4 nitrogen and oxygen atoms in total. The summed E-state index contributed by atoms with van der Waals surface area (Å²) in [4.78, 5) is 11.3. The third-order valence-corrected chi connectivity index (χ3v) is 3.62. The molecule has 1 saturated heterocycles. The summed E-state index contributed by atoms with van der Waals surface area (Å²) in [6.45, 7) is 0.167. The summed E-state index contributed by atoms with van der Waals surface area (Å²) in [5.74, 6) is -2.40. The molecular formula is C13H14F4N2O2. The summed E-state index contributed by atoms with van der Waals surface area (Å²) in [6, 6.07) is 3.73. The molecule has 21 heavy (non-hydrogen) atoms. The number of hydrogen-bond donors (Lipinski definition) is 0. The molecule has 1 aromatic carbocycles. The SMILES string of the molecule is O=[N+]([O-])c1cccc(CN2CCCC(C(F)(F)F)C2)c1F. The lowest BCUT2D eigenvalue weighted by Gasteiger charge is -2.33. The molecule has 1 fully saturated rings. The Morgan fingerprint density at radius 1 is 1.38 bits per heavy atom. The summed E-state index contributed by atoms with van der Waals surface area (Å²) >= 11 is 0. The van der Waals surface area contributed by atoms with Gasteiger partial charge in [-0.25, -0.2) is 0 Å². The van der Waals surface area contributed by atoms with Crippen LogP contribution >= 0.6 is 0 Å². The van der Waals surface area contributed by atoms with Crippen LogP contribution in [0.15, 0.2) is 18.2 Å². The predicted molar refractivity (Wildman–Crippen MR) is 67.1 cm³/mol. The van der Waals surface area contributed by atoms with Gasteiger partial charge in [-0.05, 0) is 19.4 Å². The lowest BCUT2D eigenvalue weighted by molar-refractivity contribution is -0.387. The Morgan fingerprint density at radius 2 is 2.10 bits per heavy atom. The molecule has 1 aromatic rings. The largest absolute Gasteiger partial charge is 0.393 e. The second-order valence-electron chi connectivity index (χ2n) is 5.12. The van der Waals surface area contributed by atoms with Crippen LogP contribution in [0.2, 0.25) is 0 Å². The highest BCUT2D eigenvalue weighted by Gasteiger charge is 2.41. The first-order valence-electron chi connectivity index (χ1n) is 6.50. The number of rotatable bonds is 3. The fourth-order valence-electron chi connectivity index (χ4n) is 2.54. The number of alkyl halides is 3. The maximum Gasteiger partial charge on any atom is 0.393 e. The van der Waals surface area contributed by atoms with E-state index in [2.05, 4.69) is 0 Å².